The molecular formula is C40H44N12O22S6. The normalized spacial score (nSPS) is 12.6. The van der Waals surface area contributed by atoms with Gasteiger partial charge in [-0.2, -0.15) is 80.4 Å². The third kappa shape index (κ3) is 16.2. The summed E-state index contributed by atoms with van der Waals surface area (Å²) in [6.07, 6.45) is 2.04. The van der Waals surface area contributed by atoms with E-state index in [4.69, 9.17) is 0 Å². The van der Waals surface area contributed by atoms with Crippen molar-refractivity contribution in [3.63, 3.8) is 0 Å². The molecule has 432 valence electrons. The molecule has 6 aromatic rings. The Hall–Kier alpha value is -7.26. The lowest BCUT2D eigenvalue weighted by Gasteiger charge is -2.22. The van der Waals surface area contributed by atoms with E-state index >= 15 is 0 Å². The van der Waals surface area contributed by atoms with Crippen molar-refractivity contribution < 1.29 is 98.2 Å². The molecule has 4 aromatic carbocycles. The first kappa shape index (κ1) is 61.9. The number of nitrogens with one attached hydrogen (secondary N) is 4. The fraction of sp³-hybridized carbons (Fsp3) is 0.200. The molecule has 0 bridgehead atoms. The number of aliphatic hydroxyl groups excluding tert-OH is 4. The number of anilines is 10. The van der Waals surface area contributed by atoms with Crippen molar-refractivity contribution >= 4 is 131 Å². The number of nitrogens with zero attached hydrogens (tertiary/aromatic N) is 8. The Bertz CT molecular complexity index is 3800. The van der Waals surface area contributed by atoms with E-state index in [-0.39, 0.29) is 60.6 Å². The summed E-state index contributed by atoms with van der Waals surface area (Å²) in [7, 11) is -30.8. The van der Waals surface area contributed by atoms with Gasteiger partial charge in [0.05, 0.1) is 47.6 Å². The third-order valence-corrected chi connectivity index (χ3v) is 15.7. The summed E-state index contributed by atoms with van der Waals surface area (Å²) in [5.41, 5.74) is -2.07. The molecule has 0 atom stereocenters. The first-order valence-electron chi connectivity index (χ1n) is 21.8. The van der Waals surface area contributed by atoms with E-state index in [1.54, 1.807) is 0 Å². The molecule has 2 heterocycles. The van der Waals surface area contributed by atoms with Crippen LogP contribution in [0.25, 0.3) is 12.2 Å². The lowest BCUT2D eigenvalue weighted by molar-refractivity contribution is 0.279. The largest absolute Gasteiger partial charge is 0.395 e. The molecule has 0 spiro atoms. The second-order valence-corrected chi connectivity index (χ2v) is 24.3. The SMILES string of the molecule is O=S(=O)(O)c1ccc(Nc2nc(Nc3ccc(C=Cc4ccc(Nc5nc(Nc6ccc(S(=O)(=O)O)cc6S(=O)(=O)O)nc(N(CCO)CCO)n5)cc4S(=O)(=O)O)c(S(=O)(=O)O)c3)nc(N(CCO)CCO)n2)c(S(=O)(=O)O)c1. The summed E-state index contributed by atoms with van der Waals surface area (Å²) < 4.78 is 207. The van der Waals surface area contributed by atoms with Crippen molar-refractivity contribution in [2.24, 2.45) is 0 Å². The Morgan fingerprint density at radius 2 is 0.662 bits per heavy atom. The minimum atomic E-state index is -5.22. The van der Waals surface area contributed by atoms with E-state index in [9.17, 15) is 98.2 Å². The van der Waals surface area contributed by atoms with Crippen LogP contribution in [0.4, 0.5) is 58.4 Å². The smallest absolute Gasteiger partial charge is 0.296 e. The summed E-state index contributed by atoms with van der Waals surface area (Å²) >= 11 is 0. The maximum absolute atomic E-state index is 12.8. The topological polar surface area (TPSA) is 539 Å². The van der Waals surface area contributed by atoms with Crippen molar-refractivity contribution in [2.45, 2.75) is 29.4 Å². The lowest BCUT2D eigenvalue weighted by atomic mass is 10.1. The summed E-state index contributed by atoms with van der Waals surface area (Å²) in [4.78, 5) is 21.7. The number of hydrogen-bond donors (Lipinski definition) is 14. The van der Waals surface area contributed by atoms with E-state index in [1.807, 2.05) is 0 Å². The van der Waals surface area contributed by atoms with Gasteiger partial charge in [-0.1, -0.05) is 24.3 Å². The molecule has 0 aliphatic heterocycles. The average molecular weight is 1240 g/mol. The van der Waals surface area contributed by atoms with Crippen LogP contribution in [-0.2, 0) is 60.7 Å². The molecule has 34 nitrogen and oxygen atoms in total. The van der Waals surface area contributed by atoms with Gasteiger partial charge in [0.15, 0.2) is 0 Å². The van der Waals surface area contributed by atoms with Gasteiger partial charge in [0, 0.05) is 37.6 Å². The Morgan fingerprint density at radius 3 is 0.938 bits per heavy atom. The van der Waals surface area contributed by atoms with Gasteiger partial charge >= 0.3 is 0 Å². The highest BCUT2D eigenvalue weighted by atomic mass is 32.2. The van der Waals surface area contributed by atoms with Crippen molar-refractivity contribution in [2.75, 3.05) is 83.7 Å². The predicted octanol–water partition coefficient (Wildman–Crippen LogP) is 0.264. The van der Waals surface area contributed by atoms with Gasteiger partial charge in [-0.3, -0.25) is 27.3 Å². The van der Waals surface area contributed by atoms with Gasteiger partial charge in [-0.05, 0) is 71.8 Å². The van der Waals surface area contributed by atoms with Gasteiger partial charge in [0.1, 0.15) is 19.6 Å². The number of aromatic nitrogens is 6. The zero-order chi connectivity index (χ0) is 59.2. The van der Waals surface area contributed by atoms with Crippen LogP contribution < -0.4 is 31.1 Å². The standard InChI is InChI=1S/C40H44N12O22S6/c53-15-11-51(12-16-54)39-47-35(45-37(49-39)43-29-9-7-27(75(57,58)59)21-33(29)79(69,70)71)41-25-5-3-23(31(19-25)77(63,64)65)1-2-24-4-6-26(20-32(24)78(66,67)68)42-36-46-38(50-40(48-36)52(13-17-55)14-18-56)44-30-10-8-28(76(60,61)62)22-34(30)80(72,73)74/h1-10,19-22,53-56H,11-18H2,(H,57,58,59)(H,60,61,62)(H,63,64,65)(H,66,67,68)(H,69,70,71)(H,72,73,74)(H2,41,43,45,47,49)(H2,42,44,46,48,50). The molecule has 0 aliphatic carbocycles. The van der Waals surface area contributed by atoms with Crippen LogP contribution in [0.1, 0.15) is 11.1 Å². The van der Waals surface area contributed by atoms with Gasteiger partial charge in [0.25, 0.3) is 60.7 Å². The van der Waals surface area contributed by atoms with Gasteiger partial charge in [-0.15, -0.1) is 0 Å². The van der Waals surface area contributed by atoms with Crippen LogP contribution in [0.3, 0.4) is 0 Å². The third-order valence-electron chi connectivity index (χ3n) is 10.4. The summed E-state index contributed by atoms with van der Waals surface area (Å²) in [5, 5.41) is 49.0. The summed E-state index contributed by atoms with van der Waals surface area (Å²) in [5.74, 6) is -2.65. The van der Waals surface area contributed by atoms with Crippen LogP contribution in [0.5, 0.6) is 0 Å². The van der Waals surface area contributed by atoms with Crippen molar-refractivity contribution in [3.8, 4) is 0 Å². The number of rotatable bonds is 26. The highest BCUT2D eigenvalue weighted by Crippen LogP contribution is 2.32. The molecule has 2 aromatic heterocycles. The Labute approximate surface area is 454 Å². The fourth-order valence-corrected chi connectivity index (χ4v) is 10.9. The molecule has 0 aliphatic rings. The van der Waals surface area contributed by atoms with Crippen molar-refractivity contribution in [1.82, 2.24) is 29.9 Å². The molecule has 0 amide bonds. The Kier molecular flexibility index (Phi) is 19.1. The predicted molar refractivity (Wildman–Crippen MR) is 279 cm³/mol. The van der Waals surface area contributed by atoms with Crippen molar-refractivity contribution in [3.05, 3.63) is 83.9 Å². The molecule has 40 heteroatoms. The summed E-state index contributed by atoms with van der Waals surface area (Å²) in [6, 6.07) is 10.4. The first-order chi connectivity index (χ1) is 37.2. The molecule has 0 fully saturated rings. The molecule has 0 saturated carbocycles. The van der Waals surface area contributed by atoms with E-state index < -0.39 is 152 Å². The van der Waals surface area contributed by atoms with Crippen LogP contribution in [-0.4, -0.2) is 181 Å². The highest BCUT2D eigenvalue weighted by molar-refractivity contribution is 7.87. The molecule has 14 N–H and O–H groups in total. The molecule has 6 rings (SSSR count). The quantitative estimate of drug-likeness (QED) is 0.0256. The molecule has 0 radical (unpaired) electrons. The number of hydrogen-bond acceptors (Lipinski definition) is 28. The fourth-order valence-electron chi connectivity index (χ4n) is 6.93. The molecule has 0 saturated heterocycles. The lowest BCUT2D eigenvalue weighted by Crippen LogP contribution is -2.31. The van der Waals surface area contributed by atoms with Gasteiger partial charge in [0.2, 0.25) is 35.7 Å². The van der Waals surface area contributed by atoms with E-state index in [0.29, 0.717) is 12.1 Å². The second-order valence-electron chi connectivity index (χ2n) is 15.9. The maximum atomic E-state index is 12.8. The summed E-state index contributed by atoms with van der Waals surface area (Å²) in [6.45, 7) is -2.91. The van der Waals surface area contributed by atoms with Gasteiger partial charge < -0.3 is 51.5 Å². The van der Waals surface area contributed by atoms with Crippen LogP contribution in [0.2, 0.25) is 0 Å². The van der Waals surface area contributed by atoms with Crippen molar-refractivity contribution in [1.29, 1.82) is 0 Å². The number of benzene rings is 4. The number of aliphatic hydroxyl groups is 4. The van der Waals surface area contributed by atoms with E-state index in [2.05, 4.69) is 51.2 Å². The van der Waals surface area contributed by atoms with Crippen LogP contribution >= 0.6 is 0 Å². The first-order valence-corrected chi connectivity index (χ1v) is 30.5. The highest BCUT2D eigenvalue weighted by Gasteiger charge is 2.26. The van der Waals surface area contributed by atoms with E-state index in [1.165, 1.54) is 21.9 Å². The zero-order valence-corrected chi connectivity index (χ0v) is 45.0. The molecule has 0 unspecified atom stereocenters. The Morgan fingerprint density at radius 1 is 0.362 bits per heavy atom. The minimum Gasteiger partial charge on any atom is -0.395 e. The van der Waals surface area contributed by atoms with Crippen LogP contribution in [0.15, 0.2) is 102 Å². The van der Waals surface area contributed by atoms with Crippen LogP contribution in [0, 0.1) is 0 Å². The van der Waals surface area contributed by atoms with Gasteiger partial charge in [-0.25, -0.2) is 0 Å². The second kappa shape index (κ2) is 24.6. The van der Waals surface area contributed by atoms with E-state index in [0.717, 1.165) is 60.7 Å². The maximum Gasteiger partial charge on any atom is 0.296 e. The molecule has 80 heavy (non-hydrogen) atoms. The molecular weight excluding hydrogens is 1190 g/mol. The Balaban J connectivity index is 1.37. The minimum absolute atomic E-state index is 0.191. The zero-order valence-electron chi connectivity index (χ0n) is 40.1. The average Bonchev–Trinajstić information content (AvgIpc) is 3.36. The monoisotopic (exact) mass is 1240 g/mol.